The van der Waals surface area contributed by atoms with Crippen LogP contribution in [0.5, 0.6) is 0 Å². The number of ketones is 1. The molecule has 2 aromatic carbocycles. The van der Waals surface area contributed by atoms with Gasteiger partial charge in [0.2, 0.25) is 23.6 Å². The highest BCUT2D eigenvalue weighted by Crippen LogP contribution is 2.37. The summed E-state index contributed by atoms with van der Waals surface area (Å²) in [6, 6.07) is 23.0. The lowest BCUT2D eigenvalue weighted by Gasteiger charge is -2.44. The molecule has 0 spiro atoms. The van der Waals surface area contributed by atoms with E-state index in [4.69, 9.17) is 4.43 Å². The van der Waals surface area contributed by atoms with Crippen LogP contribution in [0.4, 0.5) is 0 Å². The first kappa shape index (κ1) is 42.2. The van der Waals surface area contributed by atoms with Gasteiger partial charge in [-0.05, 0) is 86.0 Å². The van der Waals surface area contributed by atoms with Gasteiger partial charge in [0.15, 0.2) is 5.78 Å². The van der Waals surface area contributed by atoms with E-state index in [-0.39, 0.29) is 36.0 Å². The molecule has 4 amide bonds. The smallest absolute Gasteiger partial charge is 0.262 e. The van der Waals surface area contributed by atoms with Crippen molar-refractivity contribution in [3.05, 3.63) is 103 Å². The molecule has 2 aliphatic rings. The third-order valence-electron chi connectivity index (χ3n) is 11.1. The van der Waals surface area contributed by atoms with Gasteiger partial charge in [-0.3, -0.25) is 29.0 Å². The summed E-state index contributed by atoms with van der Waals surface area (Å²) < 4.78 is 6.97. The number of aromatic nitrogens is 1. The van der Waals surface area contributed by atoms with Gasteiger partial charge in [-0.1, -0.05) is 101 Å². The van der Waals surface area contributed by atoms with Crippen molar-refractivity contribution in [2.24, 2.45) is 0 Å². The Morgan fingerprint density at radius 2 is 1.59 bits per heavy atom. The SMILES string of the molecule is CC[C@]1(C)NC(=O)[C@H](CCC/C=C/C(=O)[C@H](C)O[Si](c2ccccc2)(c2ccccc2)C(C)(C)C)NC(=O)[C@H]2CCCN2C(=O)[C@H](Cc2ccccn2)NC1=O. The molecule has 0 aliphatic carbocycles. The second kappa shape index (κ2) is 18.3. The summed E-state index contributed by atoms with van der Waals surface area (Å²) >= 11 is 0. The predicted octanol–water partition coefficient (Wildman–Crippen LogP) is 4.14. The van der Waals surface area contributed by atoms with Gasteiger partial charge in [-0.15, -0.1) is 0 Å². The fourth-order valence-corrected chi connectivity index (χ4v) is 12.4. The third kappa shape index (κ3) is 9.53. The molecule has 2 fully saturated rings. The second-order valence-corrected chi connectivity index (χ2v) is 20.4. The molecule has 5 atom stereocenters. The maximum absolute atomic E-state index is 14.0. The van der Waals surface area contributed by atoms with E-state index in [0.717, 1.165) is 10.4 Å². The molecule has 12 heteroatoms. The normalized spacial score (nSPS) is 23.0. The molecule has 56 heavy (non-hydrogen) atoms. The van der Waals surface area contributed by atoms with Crippen LogP contribution in [0.3, 0.4) is 0 Å². The molecule has 11 nitrogen and oxygen atoms in total. The number of carbonyl (C=O) groups excluding carboxylic acids is 5. The zero-order chi connectivity index (χ0) is 40.5. The van der Waals surface area contributed by atoms with Crippen molar-refractivity contribution in [2.75, 3.05) is 6.54 Å². The highest BCUT2D eigenvalue weighted by atomic mass is 28.4. The van der Waals surface area contributed by atoms with E-state index in [2.05, 4.69) is 66.0 Å². The molecule has 3 N–H and O–H groups in total. The van der Waals surface area contributed by atoms with Gasteiger partial charge >= 0.3 is 0 Å². The highest BCUT2D eigenvalue weighted by Gasteiger charge is 2.51. The van der Waals surface area contributed by atoms with Crippen molar-refractivity contribution < 1.29 is 28.4 Å². The molecule has 3 heterocycles. The van der Waals surface area contributed by atoms with Gasteiger partial charge < -0.3 is 25.3 Å². The number of allylic oxidation sites excluding steroid dienone is 1. The number of unbranched alkanes of at least 4 members (excludes halogenated alkanes) is 1. The zero-order valence-electron chi connectivity index (χ0n) is 33.5. The van der Waals surface area contributed by atoms with Gasteiger partial charge in [0.05, 0.1) is 0 Å². The summed E-state index contributed by atoms with van der Waals surface area (Å²) in [4.78, 5) is 74.9. The zero-order valence-corrected chi connectivity index (χ0v) is 34.5. The van der Waals surface area contributed by atoms with Crippen molar-refractivity contribution in [3.8, 4) is 0 Å². The molecular formula is C44H57N5O6Si. The third-order valence-corrected chi connectivity index (χ3v) is 16.3. The minimum Gasteiger partial charge on any atom is -0.397 e. The fraction of sp³-hybridized carbons (Fsp3) is 0.455. The average Bonchev–Trinajstić information content (AvgIpc) is 3.69. The maximum atomic E-state index is 14.0. The molecule has 0 bridgehead atoms. The second-order valence-electron chi connectivity index (χ2n) is 16.1. The molecule has 298 valence electrons. The summed E-state index contributed by atoms with van der Waals surface area (Å²) in [7, 11) is -2.94. The summed E-state index contributed by atoms with van der Waals surface area (Å²) in [5, 5.41) is 10.6. The van der Waals surface area contributed by atoms with Crippen LogP contribution in [-0.4, -0.2) is 83.9 Å². The Bertz CT molecular complexity index is 1830. The first-order chi connectivity index (χ1) is 26.7. The number of pyridine rings is 1. The first-order valence-corrected chi connectivity index (χ1v) is 21.7. The van der Waals surface area contributed by atoms with Crippen LogP contribution in [0.15, 0.2) is 97.2 Å². The summed E-state index contributed by atoms with van der Waals surface area (Å²) in [6.45, 7) is 12.1. The number of hydrogen-bond acceptors (Lipinski definition) is 7. The van der Waals surface area contributed by atoms with Gasteiger partial charge in [-0.2, -0.15) is 0 Å². The Kier molecular flexibility index (Phi) is 13.8. The molecule has 2 aliphatic heterocycles. The quantitative estimate of drug-likeness (QED) is 0.134. The molecular weight excluding hydrogens is 723 g/mol. The fourth-order valence-electron chi connectivity index (χ4n) is 7.74. The van der Waals surface area contributed by atoms with Gasteiger partial charge in [0.1, 0.15) is 29.8 Å². The Hall–Kier alpha value is -4.94. The van der Waals surface area contributed by atoms with E-state index in [0.29, 0.717) is 37.9 Å². The number of carbonyl (C=O) groups is 5. The minimum absolute atomic E-state index is 0.146. The van der Waals surface area contributed by atoms with E-state index < -0.39 is 55.8 Å². The summed E-state index contributed by atoms with van der Waals surface area (Å²) in [6.07, 6.45) is 6.90. The monoisotopic (exact) mass is 779 g/mol. The Balaban J connectivity index is 1.28. The number of fused-ring (bicyclic) bond motifs is 1. The van der Waals surface area contributed by atoms with E-state index in [9.17, 15) is 24.0 Å². The molecule has 0 radical (unpaired) electrons. The lowest BCUT2D eigenvalue weighted by Crippen LogP contribution is -2.68. The van der Waals surface area contributed by atoms with Crippen LogP contribution in [0.2, 0.25) is 5.04 Å². The van der Waals surface area contributed by atoms with Crippen molar-refractivity contribution >= 4 is 48.1 Å². The lowest BCUT2D eigenvalue weighted by atomic mass is 9.94. The number of benzene rings is 2. The Labute approximate surface area is 332 Å². The first-order valence-electron chi connectivity index (χ1n) is 19.8. The standard InChI is InChI=1S/C44H57N5O6Si/c1-7-44(6)42(54)47-36(30-32-20-17-18-28-45-32)41(53)49-29-19-26-37(49)40(52)46-35(39(51)48-44)25-15-10-16-27-38(50)31(2)55-56(43(3,4)5,33-21-11-8-12-22-33)34-23-13-9-14-24-34/h8-9,11-14,16-18,20-24,27-28,31,35-37H,7,10,15,19,25-26,29-30H2,1-6H3,(H,46,52)(H,47,54)(H,48,51)/b27-16+/t31-,35-,36-,37+,44-/m0/s1. The van der Waals surface area contributed by atoms with Crippen LogP contribution in [0.1, 0.15) is 85.8 Å². The number of nitrogens with one attached hydrogen (secondary N) is 3. The average molecular weight is 780 g/mol. The van der Waals surface area contributed by atoms with Crippen LogP contribution >= 0.6 is 0 Å². The van der Waals surface area contributed by atoms with E-state index in [1.807, 2.05) is 42.5 Å². The number of amides is 4. The van der Waals surface area contributed by atoms with Crippen LogP contribution in [0.25, 0.3) is 0 Å². The van der Waals surface area contributed by atoms with Crippen molar-refractivity contribution in [1.29, 1.82) is 0 Å². The van der Waals surface area contributed by atoms with Crippen molar-refractivity contribution in [1.82, 2.24) is 25.8 Å². The Morgan fingerprint density at radius 1 is 0.946 bits per heavy atom. The molecule has 3 aromatic rings. The topological polar surface area (TPSA) is 147 Å². The summed E-state index contributed by atoms with van der Waals surface area (Å²) in [5.74, 6) is -1.89. The molecule has 2 saturated heterocycles. The Morgan fingerprint density at radius 3 is 2.18 bits per heavy atom. The van der Waals surface area contributed by atoms with Gasteiger partial charge in [-0.25, -0.2) is 0 Å². The molecule has 0 unspecified atom stereocenters. The predicted molar refractivity (Wildman–Crippen MR) is 220 cm³/mol. The van der Waals surface area contributed by atoms with Crippen LogP contribution in [-0.2, 0) is 34.8 Å². The van der Waals surface area contributed by atoms with E-state index >= 15 is 0 Å². The highest BCUT2D eigenvalue weighted by molar-refractivity contribution is 6.99. The van der Waals surface area contributed by atoms with Crippen molar-refractivity contribution in [2.45, 2.75) is 121 Å². The molecule has 5 rings (SSSR count). The number of nitrogens with zero attached hydrogens (tertiary/aromatic N) is 2. The largest absolute Gasteiger partial charge is 0.397 e. The van der Waals surface area contributed by atoms with Gasteiger partial charge in [0, 0.05) is 24.9 Å². The van der Waals surface area contributed by atoms with Crippen LogP contribution in [0, 0.1) is 0 Å². The lowest BCUT2D eigenvalue weighted by molar-refractivity contribution is -0.144. The minimum atomic E-state index is -2.94. The van der Waals surface area contributed by atoms with Crippen molar-refractivity contribution in [3.63, 3.8) is 0 Å². The molecule has 0 saturated carbocycles. The van der Waals surface area contributed by atoms with E-state index in [1.165, 1.54) is 4.90 Å². The molecule has 1 aromatic heterocycles. The maximum Gasteiger partial charge on any atom is 0.262 e. The number of hydrogen-bond donors (Lipinski definition) is 3. The van der Waals surface area contributed by atoms with Gasteiger partial charge in [0.25, 0.3) is 8.32 Å². The van der Waals surface area contributed by atoms with E-state index in [1.54, 1.807) is 51.3 Å². The van der Waals surface area contributed by atoms with Crippen LogP contribution < -0.4 is 26.3 Å². The number of rotatable bonds is 13. The summed E-state index contributed by atoms with van der Waals surface area (Å²) in [5.41, 5.74) is -0.724.